The predicted octanol–water partition coefficient (Wildman–Crippen LogP) is 1.40. The molecule has 0 atom stereocenters. The molecular weight excluding hydrogens is 172 g/mol. The van der Waals surface area contributed by atoms with Crippen LogP contribution in [0.25, 0.3) is 0 Å². The fourth-order valence-electron chi connectivity index (χ4n) is 0.958. The van der Waals surface area contributed by atoms with Crippen molar-refractivity contribution in [2.24, 2.45) is 4.99 Å². The molecule has 0 saturated carbocycles. The highest BCUT2D eigenvalue weighted by Crippen LogP contribution is 2.09. The first-order valence-corrected chi connectivity index (χ1v) is 5.13. The van der Waals surface area contributed by atoms with Crippen LogP contribution in [0.3, 0.4) is 0 Å². The first-order valence-electron chi connectivity index (χ1n) is 4.32. The van der Waals surface area contributed by atoms with Gasteiger partial charge in [-0.05, 0) is 18.2 Å². The van der Waals surface area contributed by atoms with E-state index in [0.29, 0.717) is 6.54 Å². The van der Waals surface area contributed by atoms with E-state index in [1.54, 1.807) is 0 Å². The Morgan fingerprint density at radius 1 is 1.58 bits per heavy atom. The van der Waals surface area contributed by atoms with Crippen molar-refractivity contribution in [1.82, 2.24) is 5.32 Å². The largest absolute Gasteiger partial charge is 0.357 e. The van der Waals surface area contributed by atoms with Crippen molar-refractivity contribution in [2.45, 2.75) is 26.2 Å². The molecule has 1 aliphatic heterocycles. The van der Waals surface area contributed by atoms with Crippen LogP contribution in [0.5, 0.6) is 0 Å². The molecule has 0 aliphatic carbocycles. The summed E-state index contributed by atoms with van der Waals surface area (Å²) in [5.74, 6) is 0. The molecule has 0 bridgehead atoms. The van der Waals surface area contributed by atoms with E-state index in [0.717, 1.165) is 18.1 Å². The standard InChI is InChI=1S/C8H14N2OS/c1-2-3-4-5-9-8-10-6-7(11)12-8/h2-6H2,1H3,(H,9,10). The molecule has 0 spiro atoms. The van der Waals surface area contributed by atoms with E-state index in [1.165, 1.54) is 24.6 Å². The number of amidine groups is 1. The van der Waals surface area contributed by atoms with Crippen LogP contribution in [-0.4, -0.2) is 23.4 Å². The minimum atomic E-state index is 0.171. The van der Waals surface area contributed by atoms with Gasteiger partial charge in [0.2, 0.25) is 5.12 Å². The number of thioether (sulfide) groups is 1. The highest BCUT2D eigenvalue weighted by molar-refractivity contribution is 8.26. The number of hydrogen-bond donors (Lipinski definition) is 1. The van der Waals surface area contributed by atoms with Gasteiger partial charge in [0.1, 0.15) is 0 Å². The summed E-state index contributed by atoms with van der Waals surface area (Å²) < 4.78 is 0. The summed E-state index contributed by atoms with van der Waals surface area (Å²) >= 11 is 1.22. The van der Waals surface area contributed by atoms with Crippen LogP contribution in [-0.2, 0) is 4.79 Å². The average molecular weight is 186 g/mol. The summed E-state index contributed by atoms with van der Waals surface area (Å²) in [6.07, 6.45) is 3.55. The highest BCUT2D eigenvalue weighted by Gasteiger charge is 2.15. The quantitative estimate of drug-likeness (QED) is 0.675. The Hall–Kier alpha value is -0.510. The molecule has 0 aromatic heterocycles. The van der Waals surface area contributed by atoms with Gasteiger partial charge in [0.05, 0.1) is 6.54 Å². The topological polar surface area (TPSA) is 41.5 Å². The van der Waals surface area contributed by atoms with Gasteiger partial charge in [0.15, 0.2) is 5.17 Å². The molecule has 1 saturated heterocycles. The fraction of sp³-hybridized carbons (Fsp3) is 0.750. The van der Waals surface area contributed by atoms with Gasteiger partial charge in [-0.25, -0.2) is 0 Å². The van der Waals surface area contributed by atoms with Crippen molar-refractivity contribution >= 4 is 22.0 Å². The second kappa shape index (κ2) is 5.19. The summed E-state index contributed by atoms with van der Waals surface area (Å²) in [4.78, 5) is 15.0. The van der Waals surface area contributed by atoms with Crippen molar-refractivity contribution in [1.29, 1.82) is 0 Å². The van der Waals surface area contributed by atoms with Crippen molar-refractivity contribution in [3.8, 4) is 0 Å². The smallest absolute Gasteiger partial charge is 0.215 e. The number of carbonyl (C=O) groups is 1. The molecule has 4 heteroatoms. The molecule has 1 N–H and O–H groups in total. The lowest BCUT2D eigenvalue weighted by molar-refractivity contribution is -0.109. The monoisotopic (exact) mass is 186 g/mol. The Kier molecular flexibility index (Phi) is 4.14. The Labute approximate surface area is 77.0 Å². The molecular formula is C8H14N2OS. The van der Waals surface area contributed by atoms with Crippen LogP contribution in [0.4, 0.5) is 0 Å². The third kappa shape index (κ3) is 3.26. The van der Waals surface area contributed by atoms with Crippen LogP contribution in [0, 0.1) is 0 Å². The normalized spacial score (nSPS) is 20.1. The maximum atomic E-state index is 10.8. The number of carbonyl (C=O) groups excluding carboxylic acids is 1. The SMILES string of the molecule is CCCCC/N=C1/NCC(=O)S1. The van der Waals surface area contributed by atoms with E-state index in [2.05, 4.69) is 17.2 Å². The lowest BCUT2D eigenvalue weighted by atomic mass is 10.2. The minimum Gasteiger partial charge on any atom is -0.357 e. The molecule has 0 radical (unpaired) electrons. The van der Waals surface area contributed by atoms with E-state index in [4.69, 9.17) is 0 Å². The zero-order valence-electron chi connectivity index (χ0n) is 7.30. The van der Waals surface area contributed by atoms with Gasteiger partial charge in [-0.3, -0.25) is 9.79 Å². The molecule has 0 amide bonds. The second-order valence-electron chi connectivity index (χ2n) is 2.72. The first kappa shape index (κ1) is 9.58. The van der Waals surface area contributed by atoms with Gasteiger partial charge >= 0.3 is 0 Å². The number of rotatable bonds is 4. The third-order valence-corrected chi connectivity index (χ3v) is 2.45. The van der Waals surface area contributed by atoms with Crippen molar-refractivity contribution in [3.63, 3.8) is 0 Å². The molecule has 1 rings (SSSR count). The number of nitrogens with zero attached hydrogens (tertiary/aromatic N) is 1. The average Bonchev–Trinajstić information content (AvgIpc) is 2.45. The Balaban J connectivity index is 2.15. The molecule has 12 heavy (non-hydrogen) atoms. The van der Waals surface area contributed by atoms with E-state index in [1.807, 2.05) is 0 Å². The maximum absolute atomic E-state index is 10.8. The summed E-state index contributed by atoms with van der Waals surface area (Å²) in [5, 5.41) is 3.92. The first-order chi connectivity index (χ1) is 5.83. The van der Waals surface area contributed by atoms with Gasteiger partial charge in [-0.15, -0.1) is 0 Å². The van der Waals surface area contributed by atoms with Crippen LogP contribution in [0.1, 0.15) is 26.2 Å². The summed E-state index contributed by atoms with van der Waals surface area (Å²) in [6.45, 7) is 3.45. The maximum Gasteiger partial charge on any atom is 0.215 e. The van der Waals surface area contributed by atoms with E-state index < -0.39 is 0 Å². The molecule has 1 heterocycles. The van der Waals surface area contributed by atoms with Gasteiger partial charge in [0, 0.05) is 6.54 Å². The summed E-state index contributed by atoms with van der Waals surface area (Å²) in [6, 6.07) is 0. The number of hydrogen-bond acceptors (Lipinski definition) is 3. The van der Waals surface area contributed by atoms with E-state index in [9.17, 15) is 4.79 Å². The van der Waals surface area contributed by atoms with Crippen LogP contribution in [0.2, 0.25) is 0 Å². The van der Waals surface area contributed by atoms with E-state index in [-0.39, 0.29) is 5.12 Å². The van der Waals surface area contributed by atoms with Gasteiger partial charge in [-0.2, -0.15) is 0 Å². The molecule has 3 nitrogen and oxygen atoms in total. The van der Waals surface area contributed by atoms with E-state index >= 15 is 0 Å². The summed E-state index contributed by atoms with van der Waals surface area (Å²) in [5.41, 5.74) is 0. The molecule has 1 aliphatic rings. The zero-order valence-corrected chi connectivity index (χ0v) is 8.12. The summed E-state index contributed by atoms with van der Waals surface area (Å²) in [7, 11) is 0. The second-order valence-corrected chi connectivity index (χ2v) is 3.77. The molecule has 1 fully saturated rings. The highest BCUT2D eigenvalue weighted by atomic mass is 32.2. The lowest BCUT2D eigenvalue weighted by Gasteiger charge is -1.95. The Morgan fingerprint density at radius 3 is 3.00 bits per heavy atom. The Morgan fingerprint density at radius 2 is 2.42 bits per heavy atom. The number of aliphatic imine (C=N–C) groups is 1. The Bertz CT molecular complexity index is 191. The molecule has 68 valence electrons. The minimum absolute atomic E-state index is 0.171. The zero-order chi connectivity index (χ0) is 8.81. The fourth-order valence-corrected chi connectivity index (χ4v) is 1.62. The van der Waals surface area contributed by atoms with Gasteiger partial charge in [0.25, 0.3) is 0 Å². The van der Waals surface area contributed by atoms with Crippen molar-refractivity contribution in [3.05, 3.63) is 0 Å². The third-order valence-electron chi connectivity index (χ3n) is 1.61. The number of unbranched alkanes of at least 4 members (excludes halogenated alkanes) is 2. The van der Waals surface area contributed by atoms with Crippen molar-refractivity contribution < 1.29 is 4.79 Å². The lowest BCUT2D eigenvalue weighted by Crippen LogP contribution is -2.14. The number of nitrogens with one attached hydrogen (secondary N) is 1. The molecule has 0 aromatic rings. The van der Waals surface area contributed by atoms with Crippen LogP contribution < -0.4 is 5.32 Å². The molecule has 0 aromatic carbocycles. The molecule has 0 unspecified atom stereocenters. The predicted molar refractivity (Wildman–Crippen MR) is 52.4 cm³/mol. The van der Waals surface area contributed by atoms with Crippen LogP contribution >= 0.6 is 11.8 Å². The van der Waals surface area contributed by atoms with Gasteiger partial charge < -0.3 is 5.32 Å². The van der Waals surface area contributed by atoms with Crippen molar-refractivity contribution in [2.75, 3.05) is 13.1 Å². The van der Waals surface area contributed by atoms with Gasteiger partial charge in [-0.1, -0.05) is 19.8 Å². The van der Waals surface area contributed by atoms with Crippen LogP contribution in [0.15, 0.2) is 4.99 Å².